The minimum atomic E-state index is -0.116. The van der Waals surface area contributed by atoms with E-state index in [0.29, 0.717) is 17.5 Å². The molecule has 15 heavy (non-hydrogen) atoms. The van der Waals surface area contributed by atoms with E-state index in [1.54, 1.807) is 19.2 Å². The summed E-state index contributed by atoms with van der Waals surface area (Å²) in [5.74, 6) is 0.599. The summed E-state index contributed by atoms with van der Waals surface area (Å²) < 4.78 is 0. The number of carbonyl (C=O) groups is 1. The van der Waals surface area contributed by atoms with E-state index in [1.165, 1.54) is 11.1 Å². The topological polar surface area (TPSA) is 71.2 Å². The zero-order valence-corrected chi connectivity index (χ0v) is 8.60. The van der Waals surface area contributed by atoms with Crippen LogP contribution in [0.5, 0.6) is 0 Å². The van der Waals surface area contributed by atoms with E-state index in [4.69, 9.17) is 5.73 Å². The van der Waals surface area contributed by atoms with Crippen LogP contribution in [0.15, 0.2) is 18.3 Å². The molecule has 1 heterocycles. The maximum absolute atomic E-state index is 11.6. The highest BCUT2D eigenvalue weighted by atomic mass is 16.2. The number of nitrogens with two attached hydrogens (primary N) is 1. The van der Waals surface area contributed by atoms with Crippen LogP contribution in [0.2, 0.25) is 0 Å². The summed E-state index contributed by atoms with van der Waals surface area (Å²) in [6.07, 6.45) is 3.69. The van der Waals surface area contributed by atoms with Gasteiger partial charge < -0.3 is 11.1 Å². The minimum Gasteiger partial charge on any atom is -0.397 e. The molecule has 5 nitrogen and oxygen atoms in total. The van der Waals surface area contributed by atoms with Gasteiger partial charge in [0.05, 0.1) is 11.9 Å². The van der Waals surface area contributed by atoms with Crippen LogP contribution in [0.3, 0.4) is 0 Å². The molecule has 0 spiro atoms. The van der Waals surface area contributed by atoms with Gasteiger partial charge in [0, 0.05) is 13.1 Å². The number of anilines is 2. The smallest absolute Gasteiger partial charge is 0.323 e. The van der Waals surface area contributed by atoms with Crippen molar-refractivity contribution in [3.63, 3.8) is 0 Å². The average Bonchev–Trinajstić information content (AvgIpc) is 3.02. The van der Waals surface area contributed by atoms with E-state index in [0.717, 1.165) is 12.8 Å². The van der Waals surface area contributed by atoms with Crippen LogP contribution in [-0.2, 0) is 0 Å². The van der Waals surface area contributed by atoms with Crippen molar-refractivity contribution in [3.05, 3.63) is 18.3 Å². The third-order valence-electron chi connectivity index (χ3n) is 2.32. The molecule has 1 aromatic heterocycles. The lowest BCUT2D eigenvalue weighted by atomic mass is 10.4. The van der Waals surface area contributed by atoms with Crippen LogP contribution in [0.1, 0.15) is 12.8 Å². The molecule has 1 aliphatic carbocycles. The molecule has 3 N–H and O–H groups in total. The van der Waals surface area contributed by atoms with Crippen LogP contribution < -0.4 is 16.0 Å². The molecule has 1 aliphatic rings. The number of hydrogen-bond acceptors (Lipinski definition) is 3. The SMILES string of the molecule is CN(C(=O)NC1CC1)c1ccc(N)cn1. The van der Waals surface area contributed by atoms with Crippen LogP contribution in [0.25, 0.3) is 0 Å². The van der Waals surface area contributed by atoms with Crippen LogP contribution >= 0.6 is 0 Å². The molecule has 0 unspecified atom stereocenters. The van der Waals surface area contributed by atoms with Gasteiger partial charge in [-0.15, -0.1) is 0 Å². The Hall–Kier alpha value is -1.78. The average molecular weight is 206 g/mol. The fourth-order valence-electron chi connectivity index (χ4n) is 1.20. The maximum atomic E-state index is 11.6. The summed E-state index contributed by atoms with van der Waals surface area (Å²) >= 11 is 0. The lowest BCUT2D eigenvalue weighted by Crippen LogP contribution is -2.38. The van der Waals surface area contributed by atoms with Crippen LogP contribution in [-0.4, -0.2) is 24.1 Å². The second-order valence-electron chi connectivity index (χ2n) is 3.73. The van der Waals surface area contributed by atoms with Gasteiger partial charge in [-0.2, -0.15) is 0 Å². The van der Waals surface area contributed by atoms with E-state index < -0.39 is 0 Å². The van der Waals surface area contributed by atoms with Crippen molar-refractivity contribution in [1.82, 2.24) is 10.3 Å². The largest absolute Gasteiger partial charge is 0.397 e. The lowest BCUT2D eigenvalue weighted by Gasteiger charge is -2.16. The first-order valence-corrected chi connectivity index (χ1v) is 4.92. The molecule has 1 aromatic rings. The van der Waals surface area contributed by atoms with Crippen LogP contribution in [0, 0.1) is 0 Å². The van der Waals surface area contributed by atoms with Gasteiger partial charge in [-0.3, -0.25) is 4.90 Å². The van der Waals surface area contributed by atoms with Gasteiger partial charge in [0.1, 0.15) is 5.82 Å². The molecular weight excluding hydrogens is 192 g/mol. The monoisotopic (exact) mass is 206 g/mol. The molecule has 0 atom stereocenters. The summed E-state index contributed by atoms with van der Waals surface area (Å²) in [6, 6.07) is 3.69. The fourth-order valence-corrected chi connectivity index (χ4v) is 1.20. The van der Waals surface area contributed by atoms with Gasteiger partial charge >= 0.3 is 6.03 Å². The number of rotatable bonds is 2. The van der Waals surface area contributed by atoms with Gasteiger partial charge in [-0.25, -0.2) is 9.78 Å². The Morgan fingerprint density at radius 2 is 2.33 bits per heavy atom. The molecule has 0 radical (unpaired) electrons. The standard InChI is InChI=1S/C10H14N4O/c1-14(10(15)13-8-3-4-8)9-5-2-7(11)6-12-9/h2,5-6,8H,3-4,11H2,1H3,(H,13,15). The van der Waals surface area contributed by atoms with Crippen molar-refractivity contribution in [1.29, 1.82) is 0 Å². The molecule has 1 saturated carbocycles. The molecule has 2 amide bonds. The van der Waals surface area contributed by atoms with Crippen molar-refractivity contribution in [3.8, 4) is 0 Å². The quantitative estimate of drug-likeness (QED) is 0.757. The zero-order chi connectivity index (χ0) is 10.8. The molecule has 2 rings (SSSR count). The summed E-state index contributed by atoms with van der Waals surface area (Å²) in [7, 11) is 1.69. The Morgan fingerprint density at radius 3 is 2.87 bits per heavy atom. The van der Waals surface area contributed by atoms with Crippen molar-refractivity contribution in [2.75, 3.05) is 17.7 Å². The predicted molar refractivity (Wildman–Crippen MR) is 58.6 cm³/mol. The number of aromatic nitrogens is 1. The highest BCUT2D eigenvalue weighted by Crippen LogP contribution is 2.19. The molecule has 0 saturated heterocycles. The first-order valence-electron chi connectivity index (χ1n) is 4.92. The molecule has 80 valence electrons. The maximum Gasteiger partial charge on any atom is 0.323 e. The zero-order valence-electron chi connectivity index (χ0n) is 8.60. The van der Waals surface area contributed by atoms with Gasteiger partial charge in [-0.05, 0) is 25.0 Å². The van der Waals surface area contributed by atoms with E-state index in [2.05, 4.69) is 10.3 Å². The number of carbonyl (C=O) groups excluding carboxylic acids is 1. The van der Waals surface area contributed by atoms with E-state index in [-0.39, 0.29) is 6.03 Å². The van der Waals surface area contributed by atoms with E-state index in [1.807, 2.05) is 0 Å². The molecule has 0 aliphatic heterocycles. The lowest BCUT2D eigenvalue weighted by molar-refractivity contribution is 0.247. The molecular formula is C10H14N4O. The number of urea groups is 1. The van der Waals surface area contributed by atoms with E-state index in [9.17, 15) is 4.79 Å². The van der Waals surface area contributed by atoms with Crippen molar-refractivity contribution in [2.24, 2.45) is 0 Å². The summed E-state index contributed by atoms with van der Waals surface area (Å²) in [5, 5.41) is 2.88. The Balaban J connectivity index is 2.02. The van der Waals surface area contributed by atoms with Gasteiger partial charge in [0.2, 0.25) is 0 Å². The number of nitrogen functional groups attached to an aromatic ring is 1. The van der Waals surface area contributed by atoms with Crippen molar-refractivity contribution in [2.45, 2.75) is 18.9 Å². The van der Waals surface area contributed by atoms with Gasteiger partial charge in [-0.1, -0.05) is 0 Å². The predicted octanol–water partition coefficient (Wildman–Crippen LogP) is 0.972. The molecule has 1 fully saturated rings. The van der Waals surface area contributed by atoms with Crippen LogP contribution in [0.4, 0.5) is 16.3 Å². The summed E-state index contributed by atoms with van der Waals surface area (Å²) in [5.41, 5.74) is 6.10. The third-order valence-corrected chi connectivity index (χ3v) is 2.32. The van der Waals surface area contributed by atoms with Crippen molar-refractivity contribution >= 4 is 17.5 Å². The third kappa shape index (κ3) is 2.37. The molecule has 0 bridgehead atoms. The van der Waals surface area contributed by atoms with Crippen molar-refractivity contribution < 1.29 is 4.79 Å². The number of amides is 2. The Kier molecular flexibility index (Phi) is 2.45. The number of nitrogens with one attached hydrogen (secondary N) is 1. The highest BCUT2D eigenvalue weighted by molar-refractivity contribution is 5.90. The number of pyridine rings is 1. The Bertz CT molecular complexity index is 358. The second kappa shape index (κ2) is 3.76. The first-order chi connectivity index (χ1) is 7.16. The number of hydrogen-bond donors (Lipinski definition) is 2. The second-order valence-corrected chi connectivity index (χ2v) is 3.73. The minimum absolute atomic E-state index is 0.116. The van der Waals surface area contributed by atoms with Gasteiger partial charge in [0.15, 0.2) is 0 Å². The number of nitrogens with zero attached hydrogens (tertiary/aromatic N) is 2. The molecule has 5 heteroatoms. The first kappa shape index (κ1) is 9.76. The Labute approximate surface area is 88.3 Å². The normalized spacial score (nSPS) is 14.7. The fraction of sp³-hybridized carbons (Fsp3) is 0.400. The highest BCUT2D eigenvalue weighted by Gasteiger charge is 2.25. The molecule has 0 aromatic carbocycles. The Morgan fingerprint density at radius 1 is 1.60 bits per heavy atom. The summed E-state index contributed by atoms with van der Waals surface area (Å²) in [6.45, 7) is 0. The van der Waals surface area contributed by atoms with E-state index >= 15 is 0 Å². The summed E-state index contributed by atoms with van der Waals surface area (Å²) in [4.78, 5) is 17.2. The van der Waals surface area contributed by atoms with Gasteiger partial charge in [0.25, 0.3) is 0 Å².